The van der Waals surface area contributed by atoms with E-state index in [-0.39, 0.29) is 12.0 Å². The van der Waals surface area contributed by atoms with Gasteiger partial charge in [0.2, 0.25) is 5.91 Å². The number of nitrogens with zero attached hydrogens (tertiary/aromatic N) is 2. The van der Waals surface area contributed by atoms with Crippen molar-refractivity contribution in [1.82, 2.24) is 9.88 Å². The zero-order valence-corrected chi connectivity index (χ0v) is 15.1. The summed E-state index contributed by atoms with van der Waals surface area (Å²) in [6, 6.07) is 1.85. The molecule has 1 fully saturated rings. The molecule has 0 aliphatic carbocycles. The number of nitrogens with one attached hydrogen (secondary N) is 1. The van der Waals surface area contributed by atoms with Crippen molar-refractivity contribution in [2.75, 3.05) is 18.4 Å². The molecule has 0 radical (unpaired) electrons. The lowest BCUT2D eigenvalue weighted by Crippen LogP contribution is -2.45. The maximum absolute atomic E-state index is 12.6. The molecule has 1 atom stereocenters. The monoisotopic (exact) mass is 381 g/mol. The first kappa shape index (κ1) is 16.2. The largest absolute Gasteiger partial charge is 0.444 e. The molecule has 1 aromatic heterocycles. The Kier molecular flexibility index (Phi) is 3.86. The molecule has 1 aromatic rings. The predicted octanol–water partition coefficient (Wildman–Crippen LogP) is 2.97. The predicted molar refractivity (Wildman–Crippen MR) is 89.1 cm³/mol. The van der Waals surface area contributed by atoms with Crippen LogP contribution in [0.3, 0.4) is 0 Å². The summed E-state index contributed by atoms with van der Waals surface area (Å²) in [5.74, 6) is -0.0454. The molecular formula is C16H20BrN3O3. The number of likely N-dealkylation sites (tertiary alicyclic amines) is 1. The number of hydrogen-bond acceptors (Lipinski definition) is 4. The summed E-state index contributed by atoms with van der Waals surface area (Å²) in [6.45, 7) is 6.39. The van der Waals surface area contributed by atoms with E-state index in [9.17, 15) is 9.59 Å². The highest BCUT2D eigenvalue weighted by Gasteiger charge is 2.49. The summed E-state index contributed by atoms with van der Waals surface area (Å²) >= 11 is 3.36. The zero-order valence-electron chi connectivity index (χ0n) is 13.5. The second-order valence-electron chi connectivity index (χ2n) is 7.21. The van der Waals surface area contributed by atoms with E-state index >= 15 is 0 Å². The molecule has 2 aliphatic heterocycles. The number of amides is 2. The van der Waals surface area contributed by atoms with Crippen LogP contribution in [0.2, 0.25) is 0 Å². The molecule has 1 saturated heterocycles. The van der Waals surface area contributed by atoms with Crippen LogP contribution in [0.25, 0.3) is 0 Å². The Morgan fingerprint density at radius 2 is 2.22 bits per heavy atom. The summed E-state index contributed by atoms with van der Waals surface area (Å²) in [5.41, 5.74) is 0.455. The fraction of sp³-hybridized carbons (Fsp3) is 0.562. The van der Waals surface area contributed by atoms with Gasteiger partial charge in [0.15, 0.2) is 0 Å². The van der Waals surface area contributed by atoms with Gasteiger partial charge in [-0.25, -0.2) is 4.79 Å². The molecule has 1 N–H and O–H groups in total. The van der Waals surface area contributed by atoms with E-state index in [4.69, 9.17) is 4.74 Å². The summed E-state index contributed by atoms with van der Waals surface area (Å²) in [6.07, 6.45) is 2.53. The third-order valence-electron chi connectivity index (χ3n) is 4.18. The lowest BCUT2D eigenvalue weighted by atomic mass is 9.78. The third kappa shape index (κ3) is 3.20. The standard InChI is InChI=1S/C16H20BrN3O3/c1-15(2,3)23-14(22)20-5-4-16(9-20)7-12-11(19-13(16)21)6-10(17)8-18-12/h6,8H,4-5,7,9H2,1-3H3,(H,19,21). The zero-order chi connectivity index (χ0) is 16.8. The fourth-order valence-electron chi connectivity index (χ4n) is 3.06. The van der Waals surface area contributed by atoms with Crippen molar-refractivity contribution in [3.05, 3.63) is 22.4 Å². The first-order valence-corrected chi connectivity index (χ1v) is 8.42. The van der Waals surface area contributed by atoms with Crippen molar-refractivity contribution in [1.29, 1.82) is 0 Å². The molecule has 0 saturated carbocycles. The average Bonchev–Trinajstić information content (AvgIpc) is 2.84. The second kappa shape index (κ2) is 5.47. The van der Waals surface area contributed by atoms with Crippen LogP contribution in [0.15, 0.2) is 16.7 Å². The highest BCUT2D eigenvalue weighted by atomic mass is 79.9. The highest BCUT2D eigenvalue weighted by Crippen LogP contribution is 2.40. The van der Waals surface area contributed by atoms with E-state index in [0.29, 0.717) is 25.9 Å². The van der Waals surface area contributed by atoms with Gasteiger partial charge in [-0.3, -0.25) is 9.78 Å². The Morgan fingerprint density at radius 3 is 2.91 bits per heavy atom. The topological polar surface area (TPSA) is 71.5 Å². The van der Waals surface area contributed by atoms with Gasteiger partial charge in [-0.1, -0.05) is 0 Å². The molecule has 124 valence electrons. The smallest absolute Gasteiger partial charge is 0.410 e. The maximum Gasteiger partial charge on any atom is 0.410 e. The molecule has 6 nitrogen and oxygen atoms in total. The number of anilines is 1. The Balaban J connectivity index is 1.78. The Bertz CT molecular complexity index is 671. The van der Waals surface area contributed by atoms with Crippen molar-refractivity contribution in [3.63, 3.8) is 0 Å². The van der Waals surface area contributed by atoms with Crippen LogP contribution in [0.4, 0.5) is 10.5 Å². The van der Waals surface area contributed by atoms with Crippen molar-refractivity contribution >= 4 is 33.6 Å². The van der Waals surface area contributed by atoms with Crippen LogP contribution in [-0.4, -0.2) is 40.6 Å². The van der Waals surface area contributed by atoms with Gasteiger partial charge in [0.1, 0.15) is 5.60 Å². The quantitative estimate of drug-likeness (QED) is 0.749. The summed E-state index contributed by atoms with van der Waals surface area (Å²) in [4.78, 5) is 30.9. The number of ether oxygens (including phenoxy) is 1. The molecule has 2 aliphatic rings. The first-order valence-electron chi connectivity index (χ1n) is 7.62. The molecule has 1 unspecified atom stereocenters. The maximum atomic E-state index is 12.6. The number of aromatic nitrogens is 1. The molecule has 7 heteroatoms. The van der Waals surface area contributed by atoms with E-state index in [1.165, 1.54) is 0 Å². The molecular weight excluding hydrogens is 362 g/mol. The fourth-order valence-corrected chi connectivity index (χ4v) is 3.39. The van der Waals surface area contributed by atoms with Gasteiger partial charge in [-0.15, -0.1) is 0 Å². The van der Waals surface area contributed by atoms with Crippen molar-refractivity contribution in [2.24, 2.45) is 5.41 Å². The minimum absolute atomic E-state index is 0.0454. The number of carbonyl (C=O) groups excluding carboxylic acids is 2. The van der Waals surface area contributed by atoms with E-state index in [1.807, 2.05) is 26.8 Å². The summed E-state index contributed by atoms with van der Waals surface area (Å²) in [7, 11) is 0. The minimum atomic E-state index is -0.606. The van der Waals surface area contributed by atoms with E-state index < -0.39 is 11.0 Å². The van der Waals surface area contributed by atoms with E-state index in [0.717, 1.165) is 15.9 Å². The molecule has 0 bridgehead atoms. The van der Waals surface area contributed by atoms with E-state index in [1.54, 1.807) is 11.1 Å². The van der Waals surface area contributed by atoms with Gasteiger partial charge in [-0.05, 0) is 49.2 Å². The van der Waals surface area contributed by atoms with Gasteiger partial charge in [0, 0.05) is 30.2 Å². The molecule has 2 amide bonds. The summed E-state index contributed by atoms with van der Waals surface area (Å²) in [5, 5.41) is 2.93. The van der Waals surface area contributed by atoms with Gasteiger partial charge in [-0.2, -0.15) is 0 Å². The van der Waals surface area contributed by atoms with Crippen molar-refractivity contribution in [3.8, 4) is 0 Å². The van der Waals surface area contributed by atoms with Crippen LogP contribution in [0, 0.1) is 5.41 Å². The van der Waals surface area contributed by atoms with Crippen LogP contribution < -0.4 is 5.32 Å². The van der Waals surface area contributed by atoms with Crippen LogP contribution >= 0.6 is 15.9 Å². The van der Waals surface area contributed by atoms with Gasteiger partial charge in [0.25, 0.3) is 0 Å². The molecule has 3 rings (SSSR count). The van der Waals surface area contributed by atoms with Gasteiger partial charge >= 0.3 is 6.09 Å². The van der Waals surface area contributed by atoms with Crippen molar-refractivity contribution < 1.29 is 14.3 Å². The molecule has 0 aromatic carbocycles. The number of fused-ring (bicyclic) bond motifs is 1. The Labute approximate surface area is 143 Å². The number of halogens is 1. The van der Waals surface area contributed by atoms with Crippen LogP contribution in [-0.2, 0) is 16.0 Å². The van der Waals surface area contributed by atoms with E-state index in [2.05, 4.69) is 26.2 Å². The molecule has 3 heterocycles. The summed E-state index contributed by atoms with van der Waals surface area (Å²) < 4.78 is 6.24. The number of carbonyl (C=O) groups is 2. The minimum Gasteiger partial charge on any atom is -0.444 e. The van der Waals surface area contributed by atoms with Gasteiger partial charge < -0.3 is 15.0 Å². The first-order chi connectivity index (χ1) is 10.7. The second-order valence-corrected chi connectivity index (χ2v) is 8.13. The average molecular weight is 382 g/mol. The number of pyridine rings is 1. The number of hydrogen-bond donors (Lipinski definition) is 1. The molecule has 23 heavy (non-hydrogen) atoms. The molecule has 1 spiro atoms. The Morgan fingerprint density at radius 1 is 1.48 bits per heavy atom. The lowest BCUT2D eigenvalue weighted by molar-refractivity contribution is -0.125. The van der Waals surface area contributed by atoms with Crippen LogP contribution in [0.1, 0.15) is 32.9 Å². The van der Waals surface area contributed by atoms with Gasteiger partial charge in [0.05, 0.1) is 16.8 Å². The lowest BCUT2D eigenvalue weighted by Gasteiger charge is -2.33. The normalized spacial score (nSPS) is 23.7. The number of rotatable bonds is 0. The highest BCUT2D eigenvalue weighted by molar-refractivity contribution is 9.10. The SMILES string of the molecule is CC(C)(C)OC(=O)N1CCC2(Cc3ncc(Br)cc3NC2=O)C1. The third-order valence-corrected chi connectivity index (χ3v) is 4.61. The van der Waals surface area contributed by atoms with Crippen molar-refractivity contribution in [2.45, 2.75) is 39.2 Å². The van der Waals surface area contributed by atoms with Crippen LogP contribution in [0.5, 0.6) is 0 Å². The Hall–Kier alpha value is -1.63.